The molecule has 0 bridgehead atoms. The number of carbonyl (C=O) groups excluding carboxylic acids is 2. The lowest BCUT2D eigenvalue weighted by atomic mass is 9.83. The molecule has 2 rings (SSSR count). The van der Waals surface area contributed by atoms with E-state index in [1.807, 2.05) is 44.2 Å². The second kappa shape index (κ2) is 5.55. The minimum absolute atomic E-state index is 0.0399. The fraction of sp³-hybridized carbons (Fsp3) is 0.500. The van der Waals surface area contributed by atoms with Crippen LogP contribution >= 0.6 is 0 Å². The Balaban J connectivity index is 2.01. The number of Topliss-reactive ketones (excluding diaryl/α,β-unsaturated/α-hetero) is 1. The van der Waals surface area contributed by atoms with E-state index in [4.69, 9.17) is 0 Å². The van der Waals surface area contributed by atoms with Crippen molar-refractivity contribution >= 4 is 11.7 Å². The molecule has 1 amide bonds. The minimum Gasteiger partial charge on any atom is -0.353 e. The van der Waals surface area contributed by atoms with Gasteiger partial charge in [-0.2, -0.15) is 0 Å². The van der Waals surface area contributed by atoms with Gasteiger partial charge in [-0.25, -0.2) is 0 Å². The summed E-state index contributed by atoms with van der Waals surface area (Å²) in [6.45, 7) is 3.87. The fourth-order valence-corrected chi connectivity index (χ4v) is 2.44. The van der Waals surface area contributed by atoms with Gasteiger partial charge in [0.1, 0.15) is 5.78 Å². The molecule has 0 saturated heterocycles. The molecule has 0 heterocycles. The zero-order valence-electron chi connectivity index (χ0n) is 11.6. The highest BCUT2D eigenvalue weighted by Gasteiger charge is 2.31. The zero-order valence-corrected chi connectivity index (χ0v) is 11.6. The summed E-state index contributed by atoms with van der Waals surface area (Å²) < 4.78 is 0. The highest BCUT2D eigenvalue weighted by molar-refractivity contribution is 5.88. The van der Waals surface area contributed by atoms with Crippen LogP contribution in [0.15, 0.2) is 30.3 Å². The van der Waals surface area contributed by atoms with Gasteiger partial charge in [0.25, 0.3) is 0 Å². The topological polar surface area (TPSA) is 46.2 Å². The van der Waals surface area contributed by atoms with E-state index in [2.05, 4.69) is 5.32 Å². The molecule has 19 heavy (non-hydrogen) atoms. The molecular weight excluding hydrogens is 238 g/mol. The highest BCUT2D eigenvalue weighted by atomic mass is 16.2. The third-order valence-corrected chi connectivity index (χ3v) is 3.94. The van der Waals surface area contributed by atoms with Crippen LogP contribution in [0.5, 0.6) is 0 Å². The SMILES string of the molecule is CC(C)(C(=O)NC1CCC(=O)CC1)c1ccccc1. The second-order valence-electron chi connectivity index (χ2n) is 5.78. The zero-order chi connectivity index (χ0) is 13.9. The Labute approximate surface area is 114 Å². The standard InChI is InChI=1S/C16H21NO2/c1-16(2,12-6-4-3-5-7-12)15(19)17-13-8-10-14(18)11-9-13/h3-7,13H,8-11H2,1-2H3,(H,17,19). The van der Waals surface area contributed by atoms with Gasteiger partial charge in [0.15, 0.2) is 0 Å². The number of benzene rings is 1. The van der Waals surface area contributed by atoms with Crippen LogP contribution in [0.2, 0.25) is 0 Å². The van der Waals surface area contributed by atoms with Gasteiger partial charge in [0, 0.05) is 18.9 Å². The van der Waals surface area contributed by atoms with E-state index < -0.39 is 5.41 Å². The summed E-state index contributed by atoms with van der Waals surface area (Å²) >= 11 is 0. The Morgan fingerprint density at radius 2 is 1.74 bits per heavy atom. The Morgan fingerprint density at radius 3 is 2.32 bits per heavy atom. The lowest BCUT2D eigenvalue weighted by Crippen LogP contribution is -2.46. The van der Waals surface area contributed by atoms with Crippen molar-refractivity contribution in [3.05, 3.63) is 35.9 Å². The number of amides is 1. The number of rotatable bonds is 3. The lowest BCUT2D eigenvalue weighted by Gasteiger charge is -2.29. The molecule has 1 N–H and O–H groups in total. The van der Waals surface area contributed by atoms with Gasteiger partial charge < -0.3 is 5.32 Å². The molecule has 0 aromatic heterocycles. The first kappa shape index (κ1) is 13.8. The van der Waals surface area contributed by atoms with E-state index in [1.54, 1.807) is 0 Å². The normalized spacial score (nSPS) is 17.3. The summed E-state index contributed by atoms with van der Waals surface area (Å²) in [4.78, 5) is 23.6. The average molecular weight is 259 g/mol. The van der Waals surface area contributed by atoms with Gasteiger partial charge in [0.2, 0.25) is 5.91 Å². The first-order valence-corrected chi connectivity index (χ1v) is 6.88. The summed E-state index contributed by atoms with van der Waals surface area (Å²) in [5, 5.41) is 3.09. The van der Waals surface area contributed by atoms with E-state index in [0.717, 1.165) is 18.4 Å². The van der Waals surface area contributed by atoms with Crippen LogP contribution in [-0.2, 0) is 15.0 Å². The van der Waals surface area contributed by atoms with Crippen molar-refractivity contribution < 1.29 is 9.59 Å². The van der Waals surface area contributed by atoms with Gasteiger partial charge in [-0.3, -0.25) is 9.59 Å². The first-order chi connectivity index (χ1) is 9.00. The molecule has 0 radical (unpaired) electrons. The summed E-state index contributed by atoms with van der Waals surface area (Å²) in [5.74, 6) is 0.353. The van der Waals surface area contributed by atoms with E-state index in [9.17, 15) is 9.59 Å². The molecule has 1 aromatic carbocycles. The summed E-state index contributed by atoms with van der Waals surface area (Å²) in [5.41, 5.74) is 0.474. The van der Waals surface area contributed by atoms with E-state index in [0.29, 0.717) is 18.6 Å². The molecule has 1 fully saturated rings. The monoisotopic (exact) mass is 259 g/mol. The number of ketones is 1. The van der Waals surface area contributed by atoms with Crippen LogP contribution < -0.4 is 5.32 Å². The van der Waals surface area contributed by atoms with E-state index in [1.165, 1.54) is 0 Å². The van der Waals surface area contributed by atoms with E-state index in [-0.39, 0.29) is 11.9 Å². The number of hydrogen-bond donors (Lipinski definition) is 1. The Morgan fingerprint density at radius 1 is 1.16 bits per heavy atom. The Bertz CT molecular complexity index is 455. The molecule has 102 valence electrons. The number of hydrogen-bond acceptors (Lipinski definition) is 2. The van der Waals surface area contributed by atoms with Crippen LogP contribution in [0.25, 0.3) is 0 Å². The van der Waals surface area contributed by atoms with Crippen molar-refractivity contribution in [2.24, 2.45) is 0 Å². The van der Waals surface area contributed by atoms with Crippen molar-refractivity contribution in [1.82, 2.24) is 5.32 Å². The van der Waals surface area contributed by atoms with Crippen molar-refractivity contribution in [2.45, 2.75) is 51.0 Å². The van der Waals surface area contributed by atoms with Crippen LogP contribution in [0.3, 0.4) is 0 Å². The number of carbonyl (C=O) groups is 2. The molecule has 1 saturated carbocycles. The molecule has 0 spiro atoms. The molecular formula is C16H21NO2. The summed E-state index contributed by atoms with van der Waals surface area (Å²) in [7, 11) is 0. The van der Waals surface area contributed by atoms with Crippen molar-refractivity contribution in [3.63, 3.8) is 0 Å². The molecule has 0 unspecified atom stereocenters. The maximum absolute atomic E-state index is 12.4. The molecule has 0 atom stereocenters. The summed E-state index contributed by atoms with van der Waals surface area (Å²) in [6, 6.07) is 9.94. The molecule has 1 aromatic rings. The Kier molecular flexibility index (Phi) is 4.03. The van der Waals surface area contributed by atoms with Crippen molar-refractivity contribution in [1.29, 1.82) is 0 Å². The van der Waals surface area contributed by atoms with Crippen LogP contribution in [-0.4, -0.2) is 17.7 Å². The molecule has 1 aliphatic rings. The minimum atomic E-state index is -0.539. The third-order valence-electron chi connectivity index (χ3n) is 3.94. The van der Waals surface area contributed by atoms with Crippen molar-refractivity contribution in [3.8, 4) is 0 Å². The quantitative estimate of drug-likeness (QED) is 0.907. The second-order valence-corrected chi connectivity index (χ2v) is 5.78. The molecule has 3 nitrogen and oxygen atoms in total. The third kappa shape index (κ3) is 3.22. The summed E-state index contributed by atoms with van der Waals surface area (Å²) in [6.07, 6.45) is 2.73. The maximum atomic E-state index is 12.4. The predicted molar refractivity (Wildman–Crippen MR) is 74.9 cm³/mol. The van der Waals surface area contributed by atoms with Gasteiger partial charge in [0.05, 0.1) is 5.41 Å². The van der Waals surface area contributed by atoms with E-state index >= 15 is 0 Å². The number of nitrogens with one attached hydrogen (secondary N) is 1. The largest absolute Gasteiger partial charge is 0.353 e. The highest BCUT2D eigenvalue weighted by Crippen LogP contribution is 2.24. The fourth-order valence-electron chi connectivity index (χ4n) is 2.44. The van der Waals surface area contributed by atoms with Crippen LogP contribution in [0.1, 0.15) is 45.1 Å². The van der Waals surface area contributed by atoms with Crippen molar-refractivity contribution in [2.75, 3.05) is 0 Å². The first-order valence-electron chi connectivity index (χ1n) is 6.88. The van der Waals surface area contributed by atoms with Crippen LogP contribution in [0.4, 0.5) is 0 Å². The predicted octanol–water partition coefficient (Wildman–Crippen LogP) is 2.59. The van der Waals surface area contributed by atoms with Gasteiger partial charge >= 0.3 is 0 Å². The molecule has 3 heteroatoms. The van der Waals surface area contributed by atoms with Gasteiger partial charge in [-0.05, 0) is 32.3 Å². The van der Waals surface area contributed by atoms with Crippen LogP contribution in [0, 0.1) is 0 Å². The van der Waals surface area contributed by atoms with Gasteiger partial charge in [-0.15, -0.1) is 0 Å². The maximum Gasteiger partial charge on any atom is 0.230 e. The molecule has 1 aliphatic carbocycles. The van der Waals surface area contributed by atoms with Gasteiger partial charge in [-0.1, -0.05) is 30.3 Å². The lowest BCUT2D eigenvalue weighted by molar-refractivity contribution is -0.128. The Hall–Kier alpha value is -1.64. The average Bonchev–Trinajstić information content (AvgIpc) is 2.42. The molecule has 0 aliphatic heterocycles. The smallest absolute Gasteiger partial charge is 0.230 e.